The van der Waals surface area contributed by atoms with Crippen molar-refractivity contribution in [3.8, 4) is 94.7 Å². The van der Waals surface area contributed by atoms with E-state index < -0.39 is 0 Å². The van der Waals surface area contributed by atoms with Gasteiger partial charge in [-0.3, -0.25) is 0 Å². The highest BCUT2D eigenvalue weighted by molar-refractivity contribution is 6.10. The summed E-state index contributed by atoms with van der Waals surface area (Å²) in [6.45, 7) is 6.87. The predicted molar refractivity (Wildman–Crippen MR) is 517 cm³/mol. The summed E-state index contributed by atoms with van der Waals surface area (Å²) < 4.78 is 9.00. The number of hydrogen-bond acceptors (Lipinski definition) is 2. The molecule has 15 aromatic carbocycles. The number of rotatable bonds is 34. The van der Waals surface area contributed by atoms with E-state index in [0.29, 0.717) is 0 Å². The standard InChI is InChI=1S/C118H112N2O/c1-4-6-8-10-16-26-75-118(76-27-17-11-9-7-5-2)112-81-96(88-44-39-83(3)40-45-88)63-73-106(112)107-74-64-97(82-113(107)118)90-49-51-92(52-50-90)99-78-98(91-46-41-84(42-47-91)29-18-14-12-13-15-19-30-85-43-48-89-53-54-95(89)77-85)79-100(80-99)93-59-67-102(68-60-93)119(103-71-61-94(62-72-103)105-34-28-35-111-110-33-22-25-38-116(110)121-117(105)111)101-65-55-86(56-66-101)87-57-69-104(70-58-87)120-114-36-23-20-31-108(114)109-32-21-24-37-115(109)120/h20-25,28,31-52,55-74,77-82H,4-19,26-27,29-30,53-54,75-76H2,1-3H3. The largest absolute Gasteiger partial charge is 0.455 e. The summed E-state index contributed by atoms with van der Waals surface area (Å²) in [5, 5.41) is 4.79. The van der Waals surface area contributed by atoms with Crippen LogP contribution >= 0.6 is 0 Å². The molecule has 0 N–H and O–H groups in total. The monoisotopic (exact) mass is 1570 g/mol. The van der Waals surface area contributed by atoms with Crippen molar-refractivity contribution in [3.05, 3.63) is 373 Å². The minimum Gasteiger partial charge on any atom is -0.455 e. The van der Waals surface area contributed by atoms with Crippen LogP contribution in [0.15, 0.2) is 338 Å². The number of aromatic nitrogens is 1. The van der Waals surface area contributed by atoms with Gasteiger partial charge >= 0.3 is 0 Å². The lowest BCUT2D eigenvalue weighted by Crippen LogP contribution is -2.25. The van der Waals surface area contributed by atoms with E-state index in [1.165, 1.54) is 253 Å². The summed E-state index contributed by atoms with van der Waals surface area (Å²) >= 11 is 0. The quantitative estimate of drug-likeness (QED) is 0.0375. The molecule has 0 atom stereocenters. The maximum Gasteiger partial charge on any atom is 0.143 e. The summed E-state index contributed by atoms with van der Waals surface area (Å²) in [5.41, 5.74) is 38.8. The number of benzene rings is 15. The molecule has 0 unspecified atom stereocenters. The lowest BCUT2D eigenvalue weighted by atomic mass is 9.70. The molecule has 0 fully saturated rings. The molecule has 3 heteroatoms. The number of aryl methyl sites for hydroxylation is 5. The second-order valence-corrected chi connectivity index (χ2v) is 35.0. The van der Waals surface area contributed by atoms with E-state index in [1.807, 2.05) is 6.07 Å². The fourth-order valence-corrected chi connectivity index (χ4v) is 20.1. The molecule has 2 aliphatic rings. The highest BCUT2D eigenvalue weighted by Crippen LogP contribution is 2.56. The second-order valence-electron chi connectivity index (χ2n) is 35.0. The van der Waals surface area contributed by atoms with Gasteiger partial charge in [-0.25, -0.2) is 0 Å². The molecule has 0 saturated heterocycles. The van der Waals surface area contributed by atoms with E-state index in [0.717, 1.165) is 73.4 Å². The number of unbranched alkanes of at least 4 members (excludes halogenated alkanes) is 15. The van der Waals surface area contributed by atoms with Crippen molar-refractivity contribution in [1.29, 1.82) is 0 Å². The van der Waals surface area contributed by atoms with Crippen LogP contribution in [0.25, 0.3) is 138 Å². The van der Waals surface area contributed by atoms with E-state index >= 15 is 0 Å². The molecule has 0 amide bonds. The zero-order chi connectivity index (χ0) is 81.4. The fourth-order valence-electron chi connectivity index (χ4n) is 20.1. The Morgan fingerprint density at radius 2 is 0.686 bits per heavy atom. The molecule has 600 valence electrons. The maximum absolute atomic E-state index is 6.61. The number of nitrogens with zero attached hydrogens (tertiary/aromatic N) is 2. The van der Waals surface area contributed by atoms with Crippen molar-refractivity contribution in [3.63, 3.8) is 0 Å². The van der Waals surface area contributed by atoms with Gasteiger partial charge in [0.1, 0.15) is 11.2 Å². The molecule has 19 rings (SSSR count). The first-order valence-electron chi connectivity index (χ1n) is 45.7. The van der Waals surface area contributed by atoms with Gasteiger partial charge in [0.25, 0.3) is 0 Å². The SMILES string of the molecule is CCCCCCCCC1(CCCCCCCC)c2cc(-c3ccc(C)cc3)ccc2-c2ccc(-c3ccc(-c4cc(-c5ccc(CCCCCCCCc6ccc7c(c6)CC7)cc5)cc(-c5ccc(N(c6ccc(-c7ccc(-n8c9ccccc9c9ccccc98)cc7)cc6)c6ccc(-c7cccc8c7oc7ccccc78)cc6)cc5)c4)cc3)cc21. The number of furan rings is 1. The number of hydrogen-bond donors (Lipinski definition) is 0. The summed E-state index contributed by atoms with van der Waals surface area (Å²) in [5.74, 6) is 0. The first kappa shape index (κ1) is 78.5. The van der Waals surface area contributed by atoms with Crippen LogP contribution in [0.5, 0.6) is 0 Å². The molecular formula is C118H112N2O. The number of para-hydroxylation sites is 4. The van der Waals surface area contributed by atoms with Crippen LogP contribution in [0.4, 0.5) is 17.1 Å². The third kappa shape index (κ3) is 16.5. The van der Waals surface area contributed by atoms with Crippen molar-refractivity contribution >= 4 is 60.8 Å². The average molecular weight is 1570 g/mol. The second kappa shape index (κ2) is 35.9. The molecule has 0 bridgehead atoms. The molecule has 0 radical (unpaired) electrons. The minimum atomic E-state index is -0.0537. The summed E-state index contributed by atoms with van der Waals surface area (Å²) in [4.78, 5) is 2.40. The number of anilines is 3. The van der Waals surface area contributed by atoms with Gasteiger partial charge in [-0.1, -0.05) is 359 Å². The molecule has 0 spiro atoms. The van der Waals surface area contributed by atoms with Crippen LogP contribution in [0.2, 0.25) is 0 Å². The van der Waals surface area contributed by atoms with Crippen molar-refractivity contribution in [2.45, 2.75) is 180 Å². The molecule has 0 aliphatic heterocycles. The van der Waals surface area contributed by atoms with Gasteiger partial charge in [0.2, 0.25) is 0 Å². The van der Waals surface area contributed by atoms with Crippen LogP contribution < -0.4 is 4.90 Å². The normalized spacial score (nSPS) is 12.7. The summed E-state index contributed by atoms with van der Waals surface area (Å²) in [6.07, 6.45) is 30.5. The Labute approximate surface area is 717 Å². The Balaban J connectivity index is 0.643. The van der Waals surface area contributed by atoms with Crippen molar-refractivity contribution in [2.75, 3.05) is 4.90 Å². The third-order valence-corrected chi connectivity index (χ3v) is 27.0. The van der Waals surface area contributed by atoms with E-state index in [-0.39, 0.29) is 5.41 Å². The average Bonchev–Trinajstić information content (AvgIpc) is 1.56. The van der Waals surface area contributed by atoms with E-state index in [1.54, 1.807) is 22.3 Å². The van der Waals surface area contributed by atoms with Gasteiger partial charge in [-0.05, 0) is 272 Å². The lowest BCUT2D eigenvalue weighted by Gasteiger charge is -2.33. The third-order valence-electron chi connectivity index (χ3n) is 27.0. The van der Waals surface area contributed by atoms with E-state index in [9.17, 15) is 0 Å². The van der Waals surface area contributed by atoms with Crippen LogP contribution in [0, 0.1) is 6.92 Å². The van der Waals surface area contributed by atoms with E-state index in [4.69, 9.17) is 4.42 Å². The van der Waals surface area contributed by atoms with Gasteiger partial charge in [-0.15, -0.1) is 0 Å². The Kier molecular flexibility index (Phi) is 23.3. The predicted octanol–water partition coefficient (Wildman–Crippen LogP) is 34.1. The van der Waals surface area contributed by atoms with E-state index in [2.05, 4.69) is 358 Å². The van der Waals surface area contributed by atoms with Gasteiger partial charge < -0.3 is 13.9 Å². The van der Waals surface area contributed by atoms with Crippen molar-refractivity contribution in [1.82, 2.24) is 4.57 Å². The van der Waals surface area contributed by atoms with Crippen LogP contribution in [-0.2, 0) is 31.1 Å². The highest BCUT2D eigenvalue weighted by atomic mass is 16.3. The Bertz CT molecular complexity index is 6380. The molecule has 2 aromatic heterocycles. The zero-order valence-corrected chi connectivity index (χ0v) is 71.0. The molecule has 2 heterocycles. The topological polar surface area (TPSA) is 21.3 Å². The van der Waals surface area contributed by atoms with Crippen LogP contribution in [0.1, 0.15) is 181 Å². The Hall–Kier alpha value is -12.3. The Morgan fingerprint density at radius 1 is 0.289 bits per heavy atom. The van der Waals surface area contributed by atoms with Crippen molar-refractivity contribution < 1.29 is 4.42 Å². The molecule has 3 nitrogen and oxygen atoms in total. The minimum absolute atomic E-state index is 0.0537. The molecule has 2 aliphatic carbocycles. The first-order valence-corrected chi connectivity index (χ1v) is 45.7. The zero-order valence-electron chi connectivity index (χ0n) is 71.0. The lowest BCUT2D eigenvalue weighted by molar-refractivity contribution is 0.398. The smallest absolute Gasteiger partial charge is 0.143 e. The summed E-state index contributed by atoms with van der Waals surface area (Å²) in [7, 11) is 0. The van der Waals surface area contributed by atoms with Gasteiger partial charge in [-0.2, -0.15) is 0 Å². The van der Waals surface area contributed by atoms with Crippen molar-refractivity contribution in [2.24, 2.45) is 0 Å². The first-order chi connectivity index (χ1) is 59.8. The molecular weight excluding hydrogens is 1460 g/mol. The highest BCUT2D eigenvalue weighted by Gasteiger charge is 2.43. The number of fused-ring (bicyclic) bond motifs is 10. The maximum atomic E-state index is 6.61. The summed E-state index contributed by atoms with van der Waals surface area (Å²) in [6, 6.07) is 127. The fraction of sp³-hybridized carbons (Fsp3) is 0.237. The van der Waals surface area contributed by atoms with Gasteiger partial charge in [0, 0.05) is 55.3 Å². The Morgan fingerprint density at radius 3 is 1.20 bits per heavy atom. The van der Waals surface area contributed by atoms with Gasteiger partial charge in [0.15, 0.2) is 0 Å². The molecule has 121 heavy (non-hydrogen) atoms. The van der Waals surface area contributed by atoms with Crippen LogP contribution in [-0.4, -0.2) is 4.57 Å². The van der Waals surface area contributed by atoms with Gasteiger partial charge in [0.05, 0.1) is 11.0 Å². The van der Waals surface area contributed by atoms with Crippen LogP contribution in [0.3, 0.4) is 0 Å². The molecule has 17 aromatic rings. The molecule has 0 saturated carbocycles.